The van der Waals surface area contributed by atoms with Crippen LogP contribution >= 0.6 is 12.6 Å². The van der Waals surface area contributed by atoms with Crippen LogP contribution in [-0.4, -0.2) is 47.3 Å². The van der Waals surface area contributed by atoms with Gasteiger partial charge in [0.05, 0.1) is 11.4 Å². The summed E-state index contributed by atoms with van der Waals surface area (Å²) < 4.78 is 0. The van der Waals surface area contributed by atoms with Crippen molar-refractivity contribution in [1.82, 2.24) is 9.80 Å². The Morgan fingerprint density at radius 1 is 1.58 bits per heavy atom. The molecule has 0 aromatic carbocycles. The van der Waals surface area contributed by atoms with Gasteiger partial charge in [-0.25, -0.2) is 0 Å². The van der Waals surface area contributed by atoms with Gasteiger partial charge in [0, 0.05) is 13.1 Å². The number of piperazine rings is 1. The fourth-order valence-electron chi connectivity index (χ4n) is 1.37. The van der Waals surface area contributed by atoms with E-state index in [2.05, 4.69) is 17.5 Å². The lowest BCUT2D eigenvalue weighted by Crippen LogP contribution is -2.55. The van der Waals surface area contributed by atoms with Crippen molar-refractivity contribution in [2.75, 3.05) is 20.1 Å². The first-order chi connectivity index (χ1) is 5.54. The first-order valence-corrected chi connectivity index (χ1v) is 4.74. The molecule has 1 unspecified atom stereocenters. The normalized spacial score (nSPS) is 29.2. The second-order valence-electron chi connectivity index (χ2n) is 3.32. The number of hydrogen-bond acceptors (Lipinski definition) is 3. The zero-order valence-corrected chi connectivity index (χ0v) is 8.71. The fraction of sp³-hybridized carbons (Fsp3) is 0.875. The van der Waals surface area contributed by atoms with Gasteiger partial charge in [0.15, 0.2) is 0 Å². The van der Waals surface area contributed by atoms with Crippen molar-refractivity contribution in [3.05, 3.63) is 0 Å². The van der Waals surface area contributed by atoms with Gasteiger partial charge in [-0.3, -0.25) is 9.69 Å². The van der Waals surface area contributed by atoms with E-state index in [1.807, 2.05) is 25.8 Å². The molecule has 0 aliphatic carbocycles. The average molecular weight is 188 g/mol. The maximum atomic E-state index is 11.6. The molecule has 70 valence electrons. The van der Waals surface area contributed by atoms with Crippen LogP contribution < -0.4 is 0 Å². The fourth-order valence-corrected chi connectivity index (χ4v) is 1.60. The molecule has 1 fully saturated rings. The summed E-state index contributed by atoms with van der Waals surface area (Å²) in [5, 5.41) is 0.0358. The van der Waals surface area contributed by atoms with E-state index in [1.165, 1.54) is 0 Å². The molecule has 1 aliphatic heterocycles. The molecule has 1 amide bonds. The standard InChI is InChI=1S/C8H16N2OS/c1-6-8(11)10(7(2)12)5-4-9(6)3/h6-7,12H,4-5H2,1-3H3/t6-,7?/m0/s1. The van der Waals surface area contributed by atoms with Crippen LogP contribution in [-0.2, 0) is 4.79 Å². The van der Waals surface area contributed by atoms with Gasteiger partial charge in [0.1, 0.15) is 0 Å². The highest BCUT2D eigenvalue weighted by Gasteiger charge is 2.30. The van der Waals surface area contributed by atoms with Crippen LogP contribution in [0.3, 0.4) is 0 Å². The van der Waals surface area contributed by atoms with Crippen LogP contribution in [0.2, 0.25) is 0 Å². The van der Waals surface area contributed by atoms with E-state index in [4.69, 9.17) is 0 Å². The number of thiol groups is 1. The molecule has 1 saturated heterocycles. The number of carbonyl (C=O) groups excluding carboxylic acids is 1. The molecule has 2 atom stereocenters. The molecule has 0 N–H and O–H groups in total. The molecule has 3 nitrogen and oxygen atoms in total. The quantitative estimate of drug-likeness (QED) is 0.603. The first-order valence-electron chi connectivity index (χ1n) is 4.23. The van der Waals surface area contributed by atoms with Gasteiger partial charge >= 0.3 is 0 Å². The molecule has 12 heavy (non-hydrogen) atoms. The number of carbonyl (C=O) groups is 1. The zero-order valence-electron chi connectivity index (χ0n) is 7.82. The molecule has 0 spiro atoms. The van der Waals surface area contributed by atoms with E-state index in [9.17, 15) is 4.79 Å². The lowest BCUT2D eigenvalue weighted by atomic mass is 10.2. The SMILES string of the molecule is CC(S)N1CCN(C)[C@@H](C)C1=O. The van der Waals surface area contributed by atoms with E-state index < -0.39 is 0 Å². The Morgan fingerprint density at radius 3 is 2.67 bits per heavy atom. The van der Waals surface area contributed by atoms with Crippen molar-refractivity contribution in [1.29, 1.82) is 0 Å². The van der Waals surface area contributed by atoms with Crippen LogP contribution in [0.15, 0.2) is 0 Å². The van der Waals surface area contributed by atoms with Gasteiger partial charge in [0.25, 0.3) is 0 Å². The average Bonchev–Trinajstić information content (AvgIpc) is 2.00. The molecule has 1 heterocycles. The van der Waals surface area contributed by atoms with E-state index >= 15 is 0 Å². The molecule has 4 heteroatoms. The number of hydrogen-bond donors (Lipinski definition) is 1. The van der Waals surface area contributed by atoms with Crippen LogP contribution in [0.5, 0.6) is 0 Å². The van der Waals surface area contributed by atoms with Crippen molar-refractivity contribution in [2.24, 2.45) is 0 Å². The van der Waals surface area contributed by atoms with Crippen LogP contribution in [0, 0.1) is 0 Å². The second-order valence-corrected chi connectivity index (χ2v) is 4.07. The van der Waals surface area contributed by atoms with Crippen LogP contribution in [0.1, 0.15) is 13.8 Å². The maximum Gasteiger partial charge on any atom is 0.240 e. The Hall–Kier alpha value is -0.220. The van der Waals surface area contributed by atoms with Crippen molar-refractivity contribution in [2.45, 2.75) is 25.3 Å². The molecular weight excluding hydrogens is 172 g/mol. The Morgan fingerprint density at radius 2 is 2.17 bits per heavy atom. The van der Waals surface area contributed by atoms with Crippen molar-refractivity contribution < 1.29 is 4.79 Å². The summed E-state index contributed by atoms with van der Waals surface area (Å²) in [5.74, 6) is 0.186. The predicted molar refractivity (Wildman–Crippen MR) is 52.3 cm³/mol. The largest absolute Gasteiger partial charge is 0.329 e. The molecular formula is C8H16N2OS. The van der Waals surface area contributed by atoms with Gasteiger partial charge < -0.3 is 4.90 Å². The van der Waals surface area contributed by atoms with E-state index in [0.717, 1.165) is 13.1 Å². The summed E-state index contributed by atoms with van der Waals surface area (Å²) >= 11 is 4.26. The highest BCUT2D eigenvalue weighted by Crippen LogP contribution is 2.13. The molecule has 0 aromatic rings. The molecule has 1 rings (SSSR count). The van der Waals surface area contributed by atoms with Crippen molar-refractivity contribution in [3.63, 3.8) is 0 Å². The summed E-state index contributed by atoms with van der Waals surface area (Å²) in [7, 11) is 1.98. The number of likely N-dealkylation sites (N-methyl/N-ethyl adjacent to an activating group) is 1. The minimum absolute atomic E-state index is 0.00773. The molecule has 0 saturated carbocycles. The third-order valence-corrected chi connectivity index (χ3v) is 2.73. The Balaban J connectivity index is 2.65. The summed E-state index contributed by atoms with van der Waals surface area (Å²) in [5.41, 5.74) is 0. The minimum Gasteiger partial charge on any atom is -0.329 e. The first kappa shape index (κ1) is 9.86. The topological polar surface area (TPSA) is 23.6 Å². The van der Waals surface area contributed by atoms with Crippen LogP contribution in [0.4, 0.5) is 0 Å². The maximum absolute atomic E-state index is 11.6. The van der Waals surface area contributed by atoms with Crippen molar-refractivity contribution >= 4 is 18.5 Å². The number of amides is 1. The second kappa shape index (κ2) is 3.66. The van der Waals surface area contributed by atoms with Crippen LogP contribution in [0.25, 0.3) is 0 Å². The Labute approximate surface area is 79.1 Å². The smallest absolute Gasteiger partial charge is 0.240 e. The molecule has 0 bridgehead atoms. The van der Waals surface area contributed by atoms with Gasteiger partial charge in [-0.15, -0.1) is 0 Å². The third-order valence-electron chi connectivity index (χ3n) is 2.45. The highest BCUT2D eigenvalue weighted by molar-refractivity contribution is 7.80. The molecule has 1 aliphatic rings. The molecule has 0 radical (unpaired) electrons. The van der Waals surface area contributed by atoms with E-state index in [0.29, 0.717) is 0 Å². The van der Waals surface area contributed by atoms with Gasteiger partial charge in [-0.1, -0.05) is 0 Å². The minimum atomic E-state index is 0.00773. The van der Waals surface area contributed by atoms with Crippen molar-refractivity contribution in [3.8, 4) is 0 Å². The third kappa shape index (κ3) is 1.75. The molecule has 0 aromatic heterocycles. The van der Waals surface area contributed by atoms with Gasteiger partial charge in [0.2, 0.25) is 5.91 Å². The zero-order chi connectivity index (χ0) is 9.30. The van der Waals surface area contributed by atoms with Gasteiger partial charge in [-0.2, -0.15) is 12.6 Å². The summed E-state index contributed by atoms with van der Waals surface area (Å²) in [6, 6.07) is 0.00773. The summed E-state index contributed by atoms with van der Waals surface area (Å²) in [6.45, 7) is 5.60. The lowest BCUT2D eigenvalue weighted by Gasteiger charge is -2.38. The Kier molecular flexibility index (Phi) is 3.01. The van der Waals surface area contributed by atoms with E-state index in [-0.39, 0.29) is 17.3 Å². The predicted octanol–water partition coefficient (Wildman–Crippen LogP) is 0.425. The highest BCUT2D eigenvalue weighted by atomic mass is 32.1. The Bertz CT molecular complexity index is 184. The summed E-state index contributed by atoms with van der Waals surface area (Å²) in [6.07, 6.45) is 0. The van der Waals surface area contributed by atoms with E-state index in [1.54, 1.807) is 0 Å². The summed E-state index contributed by atoms with van der Waals surface area (Å²) in [4.78, 5) is 15.5. The lowest BCUT2D eigenvalue weighted by molar-refractivity contribution is -0.140. The number of rotatable bonds is 1. The number of nitrogens with zero attached hydrogens (tertiary/aromatic N) is 2. The van der Waals surface area contributed by atoms with Gasteiger partial charge in [-0.05, 0) is 20.9 Å². The monoisotopic (exact) mass is 188 g/mol.